The fraction of sp³-hybridized carbons (Fsp3) is 0.0952. The van der Waals surface area contributed by atoms with Gasteiger partial charge >= 0.3 is 0 Å². The van der Waals surface area contributed by atoms with Gasteiger partial charge in [0.25, 0.3) is 10.0 Å². The van der Waals surface area contributed by atoms with E-state index >= 15 is 0 Å². The molecule has 3 rings (SSSR count). The third-order valence-electron chi connectivity index (χ3n) is 4.10. The Balaban J connectivity index is 1.79. The Morgan fingerprint density at radius 1 is 0.967 bits per heavy atom. The molecule has 0 bridgehead atoms. The molecule has 3 aromatic carbocycles. The van der Waals surface area contributed by atoms with E-state index in [4.69, 9.17) is 9.47 Å². The van der Waals surface area contributed by atoms with Gasteiger partial charge in [0.15, 0.2) is 0 Å². The monoisotopic (exact) mass is 492 g/mol. The Kier molecular flexibility index (Phi) is 6.73. The summed E-state index contributed by atoms with van der Waals surface area (Å²) >= 11 is 3.42. The zero-order chi connectivity index (χ0) is 21.7. The molecule has 0 unspecified atom stereocenters. The lowest BCUT2D eigenvalue weighted by Gasteiger charge is -2.09. The van der Waals surface area contributed by atoms with Gasteiger partial charge in [-0.05, 0) is 70.5 Å². The maximum Gasteiger partial charge on any atom is 0.261 e. The summed E-state index contributed by atoms with van der Waals surface area (Å²) in [6.07, 6.45) is 1.61. The highest BCUT2D eigenvalue weighted by molar-refractivity contribution is 9.10. The molecule has 0 saturated heterocycles. The average Bonchev–Trinajstić information content (AvgIpc) is 2.74. The molecule has 0 spiro atoms. The summed E-state index contributed by atoms with van der Waals surface area (Å²) in [6, 6.07) is 14.7. The van der Waals surface area contributed by atoms with Crippen LogP contribution in [0.4, 0.5) is 15.8 Å². The van der Waals surface area contributed by atoms with Crippen molar-refractivity contribution in [1.29, 1.82) is 0 Å². The highest BCUT2D eigenvalue weighted by atomic mass is 79.9. The molecule has 156 valence electrons. The number of hydrogen-bond acceptors (Lipinski definition) is 5. The van der Waals surface area contributed by atoms with Crippen LogP contribution in [0.5, 0.6) is 11.5 Å². The van der Waals surface area contributed by atoms with Crippen molar-refractivity contribution in [2.75, 3.05) is 18.9 Å². The highest BCUT2D eigenvalue weighted by Gasteiger charge is 2.14. The minimum Gasteiger partial charge on any atom is -0.496 e. The van der Waals surface area contributed by atoms with E-state index in [0.29, 0.717) is 17.2 Å². The first kappa shape index (κ1) is 21.8. The molecule has 0 aromatic heterocycles. The molecular weight excluding hydrogens is 475 g/mol. The lowest BCUT2D eigenvalue weighted by molar-refractivity contribution is 0.392. The lowest BCUT2D eigenvalue weighted by Crippen LogP contribution is -2.12. The number of nitrogens with one attached hydrogen (secondary N) is 1. The van der Waals surface area contributed by atoms with Crippen molar-refractivity contribution in [1.82, 2.24) is 0 Å². The Hall–Kier alpha value is -2.91. The van der Waals surface area contributed by atoms with Crippen molar-refractivity contribution in [2.24, 2.45) is 4.99 Å². The summed E-state index contributed by atoms with van der Waals surface area (Å²) in [6.45, 7) is 0. The molecule has 3 aromatic rings. The largest absolute Gasteiger partial charge is 0.496 e. The summed E-state index contributed by atoms with van der Waals surface area (Å²) in [4.78, 5) is 4.44. The summed E-state index contributed by atoms with van der Waals surface area (Å²) in [7, 11) is -0.686. The van der Waals surface area contributed by atoms with Crippen molar-refractivity contribution in [3.63, 3.8) is 0 Å². The zero-order valence-corrected chi connectivity index (χ0v) is 18.5. The van der Waals surface area contributed by atoms with Crippen molar-refractivity contribution in [3.05, 3.63) is 76.5 Å². The number of anilines is 1. The Bertz CT molecular complexity index is 1160. The van der Waals surface area contributed by atoms with Gasteiger partial charge in [-0.2, -0.15) is 0 Å². The molecule has 0 fully saturated rings. The maximum atomic E-state index is 13.0. The van der Waals surface area contributed by atoms with E-state index < -0.39 is 15.8 Å². The standard InChI is InChI=1S/C21H18BrFN2O4S/c1-28-20-12-21(29-2)19(22)11-14(20)13-24-16-7-9-18(10-8-16)30(26,27)25-17-5-3-15(23)4-6-17/h3-13,25H,1-2H3. The maximum absolute atomic E-state index is 13.0. The quantitative estimate of drug-likeness (QED) is 0.462. The van der Waals surface area contributed by atoms with E-state index in [9.17, 15) is 12.8 Å². The Morgan fingerprint density at radius 3 is 2.20 bits per heavy atom. The fourth-order valence-corrected chi connectivity index (χ4v) is 4.15. The van der Waals surface area contributed by atoms with E-state index in [-0.39, 0.29) is 10.6 Å². The van der Waals surface area contributed by atoms with Gasteiger partial charge in [-0.1, -0.05) is 0 Å². The van der Waals surface area contributed by atoms with Crippen LogP contribution in [0.3, 0.4) is 0 Å². The summed E-state index contributed by atoms with van der Waals surface area (Å²) in [5.41, 5.74) is 1.56. The minimum absolute atomic E-state index is 0.0653. The van der Waals surface area contributed by atoms with Crippen LogP contribution >= 0.6 is 15.9 Å². The first-order chi connectivity index (χ1) is 14.3. The predicted octanol–water partition coefficient (Wildman–Crippen LogP) is 5.16. The van der Waals surface area contributed by atoms with E-state index in [2.05, 4.69) is 25.6 Å². The first-order valence-electron chi connectivity index (χ1n) is 8.66. The second-order valence-corrected chi connectivity index (χ2v) is 8.63. The van der Waals surface area contributed by atoms with Crippen LogP contribution in [0.25, 0.3) is 0 Å². The molecule has 0 amide bonds. The van der Waals surface area contributed by atoms with E-state index in [1.54, 1.807) is 38.6 Å². The fourth-order valence-electron chi connectivity index (χ4n) is 2.57. The second kappa shape index (κ2) is 9.27. The van der Waals surface area contributed by atoms with Gasteiger partial charge in [0.1, 0.15) is 17.3 Å². The lowest BCUT2D eigenvalue weighted by atomic mass is 10.2. The molecule has 0 radical (unpaired) electrons. The highest BCUT2D eigenvalue weighted by Crippen LogP contribution is 2.32. The van der Waals surface area contributed by atoms with Crippen LogP contribution in [0, 0.1) is 5.82 Å². The Labute approximate surface area is 182 Å². The van der Waals surface area contributed by atoms with Gasteiger partial charge in [-0.25, -0.2) is 12.8 Å². The molecule has 0 aliphatic heterocycles. The van der Waals surface area contributed by atoms with Gasteiger partial charge in [0.2, 0.25) is 0 Å². The van der Waals surface area contributed by atoms with Gasteiger partial charge in [-0.15, -0.1) is 0 Å². The smallest absolute Gasteiger partial charge is 0.261 e. The number of sulfonamides is 1. The Morgan fingerprint density at radius 2 is 1.60 bits per heavy atom. The molecule has 0 aliphatic carbocycles. The number of rotatable bonds is 7. The van der Waals surface area contributed by atoms with Crippen LogP contribution in [0.15, 0.2) is 75.0 Å². The van der Waals surface area contributed by atoms with Gasteiger partial charge in [0.05, 0.1) is 29.3 Å². The SMILES string of the molecule is COc1cc(OC)c(C=Nc2ccc(S(=O)(=O)Nc3ccc(F)cc3)cc2)cc1Br. The van der Waals surface area contributed by atoms with E-state index in [0.717, 1.165) is 10.0 Å². The van der Waals surface area contributed by atoms with Crippen LogP contribution < -0.4 is 14.2 Å². The third kappa shape index (κ3) is 5.17. The molecule has 9 heteroatoms. The summed E-state index contributed by atoms with van der Waals surface area (Å²) in [5, 5.41) is 0. The number of hydrogen-bond donors (Lipinski definition) is 1. The van der Waals surface area contributed by atoms with E-state index in [1.807, 2.05) is 6.07 Å². The van der Waals surface area contributed by atoms with Crippen molar-refractivity contribution in [3.8, 4) is 11.5 Å². The summed E-state index contributed by atoms with van der Waals surface area (Å²) in [5.74, 6) is 0.773. The molecule has 30 heavy (non-hydrogen) atoms. The normalized spacial score (nSPS) is 11.5. The molecule has 0 heterocycles. The van der Waals surface area contributed by atoms with Gasteiger partial charge in [-0.3, -0.25) is 9.71 Å². The number of aliphatic imine (C=N–C) groups is 1. The second-order valence-electron chi connectivity index (χ2n) is 6.09. The number of nitrogens with zero attached hydrogens (tertiary/aromatic N) is 1. The van der Waals surface area contributed by atoms with Crippen molar-refractivity contribution in [2.45, 2.75) is 4.90 Å². The van der Waals surface area contributed by atoms with Crippen LogP contribution in [0.1, 0.15) is 5.56 Å². The van der Waals surface area contributed by atoms with Crippen LogP contribution in [0.2, 0.25) is 0 Å². The molecule has 0 aliphatic rings. The topological polar surface area (TPSA) is 77.0 Å². The summed E-state index contributed by atoms with van der Waals surface area (Å²) < 4.78 is 51.7. The average molecular weight is 493 g/mol. The third-order valence-corrected chi connectivity index (χ3v) is 6.12. The van der Waals surface area contributed by atoms with Gasteiger partial charge in [0, 0.05) is 23.5 Å². The first-order valence-corrected chi connectivity index (χ1v) is 10.9. The number of benzene rings is 3. The molecule has 0 saturated carbocycles. The molecular formula is C21H18BrFN2O4S. The number of methoxy groups -OCH3 is 2. The van der Waals surface area contributed by atoms with Gasteiger partial charge < -0.3 is 9.47 Å². The van der Waals surface area contributed by atoms with Crippen LogP contribution in [-0.2, 0) is 10.0 Å². The molecule has 6 nitrogen and oxygen atoms in total. The van der Waals surface area contributed by atoms with Crippen molar-refractivity contribution < 1.29 is 22.3 Å². The van der Waals surface area contributed by atoms with Crippen LogP contribution in [-0.4, -0.2) is 28.9 Å². The predicted molar refractivity (Wildman–Crippen MR) is 118 cm³/mol. The van der Waals surface area contributed by atoms with Crippen molar-refractivity contribution >= 4 is 43.5 Å². The minimum atomic E-state index is -3.80. The molecule has 1 N–H and O–H groups in total. The number of ether oxygens (including phenoxy) is 2. The zero-order valence-electron chi connectivity index (χ0n) is 16.1. The molecule has 0 atom stereocenters. The van der Waals surface area contributed by atoms with E-state index in [1.165, 1.54) is 36.4 Å². The number of halogens is 2.